The number of hydrogen-bond donors (Lipinski definition) is 0. The maximum Gasteiger partial charge on any atom is -1.00 e. The van der Waals surface area contributed by atoms with Crippen molar-refractivity contribution in [1.82, 2.24) is 0 Å². The van der Waals surface area contributed by atoms with Gasteiger partial charge in [-0.1, -0.05) is 0 Å². The van der Waals surface area contributed by atoms with Gasteiger partial charge < -0.3 is 24.8 Å². The Morgan fingerprint density at radius 1 is 0.596 bits per heavy atom. The number of hydrogen-bond acceptors (Lipinski definition) is 0. The second kappa shape index (κ2) is 14.8. The zero-order valence-corrected chi connectivity index (χ0v) is 35.9. The Hall–Kier alpha value is -2.77. The molecule has 0 radical (unpaired) electrons. The summed E-state index contributed by atoms with van der Waals surface area (Å²) in [6.45, 7) is 14.1. The van der Waals surface area contributed by atoms with Gasteiger partial charge in [0, 0.05) is 0 Å². The molecule has 2 aliphatic rings. The van der Waals surface area contributed by atoms with E-state index in [4.69, 9.17) is 23.2 Å². The van der Waals surface area contributed by atoms with Gasteiger partial charge in [0.05, 0.1) is 0 Å². The first kappa shape index (κ1) is 38.9. The fraction of sp³-hybridized carbons (Fsp3) is 0.213. The van der Waals surface area contributed by atoms with E-state index in [0.717, 1.165) is 27.2 Å². The molecule has 0 nitrogen and oxygen atoms in total. The van der Waals surface area contributed by atoms with E-state index in [1.165, 1.54) is 58.5 Å². The van der Waals surface area contributed by atoms with Gasteiger partial charge in [-0.25, -0.2) is 0 Å². The molecule has 0 amide bonds. The molecule has 0 saturated carbocycles. The molecule has 2 aliphatic carbocycles. The van der Waals surface area contributed by atoms with Crippen LogP contribution in [0.3, 0.4) is 0 Å². The van der Waals surface area contributed by atoms with E-state index in [2.05, 4.69) is 169 Å². The Labute approximate surface area is 338 Å². The molecule has 6 aromatic rings. The molecule has 0 heterocycles. The Morgan fingerprint density at radius 2 is 1.12 bits per heavy atom. The SMILES string of the molecule is CC(C)(C)c1ccc2c(c1)Cc1c-2ccc(C(C)(C)C)[c]1[Zr+2](=[C](c1ccc(Cl)c2ccccc12)c1ccc(Cl)c2ccccc12)[CH]1C=CC=C1.[Cl-].[Cl-]. The summed E-state index contributed by atoms with van der Waals surface area (Å²) >= 11 is 10.8. The molecule has 0 saturated heterocycles. The molecule has 0 aromatic heterocycles. The van der Waals surface area contributed by atoms with Crippen molar-refractivity contribution in [3.05, 3.63) is 171 Å². The van der Waals surface area contributed by atoms with Gasteiger partial charge in [0.15, 0.2) is 0 Å². The second-order valence-electron chi connectivity index (χ2n) is 15.9. The van der Waals surface area contributed by atoms with Crippen LogP contribution in [0.25, 0.3) is 32.7 Å². The number of benzene rings is 6. The predicted molar refractivity (Wildman–Crippen MR) is 215 cm³/mol. The molecule has 6 aromatic carbocycles. The van der Waals surface area contributed by atoms with Crippen LogP contribution in [0.5, 0.6) is 0 Å². The topological polar surface area (TPSA) is 0 Å². The summed E-state index contributed by atoms with van der Waals surface area (Å²) in [6.07, 6.45) is 10.5. The second-order valence-corrected chi connectivity index (χ2v) is 22.9. The summed E-state index contributed by atoms with van der Waals surface area (Å²) in [4.78, 5) is 0. The first-order chi connectivity index (χ1) is 23.9. The summed E-state index contributed by atoms with van der Waals surface area (Å²) in [5.74, 6) is 0. The van der Waals surface area contributed by atoms with Crippen LogP contribution in [0.2, 0.25) is 13.7 Å². The monoisotopic (exact) mass is 836 g/mol. The summed E-state index contributed by atoms with van der Waals surface area (Å²) < 4.78 is 3.48. The molecule has 0 aliphatic heterocycles. The Morgan fingerprint density at radius 3 is 1.63 bits per heavy atom. The maximum absolute atomic E-state index is 6.94. The van der Waals surface area contributed by atoms with Gasteiger partial charge in [-0.15, -0.1) is 0 Å². The number of rotatable bonds is 4. The average Bonchev–Trinajstić information content (AvgIpc) is 3.76. The molecule has 0 bridgehead atoms. The summed E-state index contributed by atoms with van der Waals surface area (Å²) in [7, 11) is 0. The minimum atomic E-state index is -3.07. The average molecular weight is 840 g/mol. The van der Waals surface area contributed by atoms with E-state index in [-0.39, 0.29) is 35.6 Å². The normalized spacial score (nSPS) is 13.4. The molecule has 0 fully saturated rings. The smallest absolute Gasteiger partial charge is 1.00 e. The maximum atomic E-state index is 6.94. The van der Waals surface area contributed by atoms with Crippen molar-refractivity contribution >= 4 is 51.2 Å². The van der Waals surface area contributed by atoms with E-state index in [1.807, 2.05) is 0 Å². The van der Waals surface area contributed by atoms with Gasteiger partial charge in [0.25, 0.3) is 0 Å². The third-order valence-corrected chi connectivity index (χ3v) is 19.3. The Kier molecular flexibility index (Phi) is 11.1. The van der Waals surface area contributed by atoms with Gasteiger partial charge in [-0.3, -0.25) is 0 Å². The molecule has 0 unspecified atom stereocenters. The van der Waals surface area contributed by atoms with Crippen molar-refractivity contribution in [3.63, 3.8) is 0 Å². The van der Waals surface area contributed by atoms with Crippen molar-refractivity contribution in [3.8, 4) is 11.1 Å². The fourth-order valence-electron chi connectivity index (χ4n) is 8.15. The quantitative estimate of drug-likeness (QED) is 0.181. The van der Waals surface area contributed by atoms with Crippen molar-refractivity contribution < 1.29 is 46.1 Å². The van der Waals surface area contributed by atoms with Crippen LogP contribution in [0.15, 0.2) is 127 Å². The first-order valence-electron chi connectivity index (χ1n) is 17.7. The van der Waals surface area contributed by atoms with E-state index < -0.39 is 21.3 Å². The molecule has 0 spiro atoms. The van der Waals surface area contributed by atoms with Crippen LogP contribution in [0, 0.1) is 0 Å². The van der Waals surface area contributed by atoms with Gasteiger partial charge >= 0.3 is 317 Å². The number of fused-ring (bicyclic) bond motifs is 5. The van der Waals surface area contributed by atoms with Gasteiger partial charge in [-0.05, 0) is 0 Å². The van der Waals surface area contributed by atoms with Crippen LogP contribution in [0.1, 0.15) is 74.9 Å². The fourth-order valence-corrected chi connectivity index (χ4v) is 18.0. The van der Waals surface area contributed by atoms with Crippen LogP contribution < -0.4 is 28.1 Å². The van der Waals surface area contributed by atoms with Gasteiger partial charge in [0.2, 0.25) is 0 Å². The Balaban J connectivity index is 0.00000232. The number of allylic oxidation sites excluding steroid dienone is 4. The molecular weight excluding hydrogens is 798 g/mol. The minimum Gasteiger partial charge on any atom is -1.00 e. The van der Waals surface area contributed by atoms with Gasteiger partial charge in [0.1, 0.15) is 0 Å². The van der Waals surface area contributed by atoms with Crippen LogP contribution in [-0.2, 0) is 38.5 Å². The third kappa shape index (κ3) is 6.76. The van der Waals surface area contributed by atoms with Crippen molar-refractivity contribution in [1.29, 1.82) is 0 Å². The zero-order valence-electron chi connectivity index (χ0n) is 30.4. The van der Waals surface area contributed by atoms with Gasteiger partial charge in [-0.2, -0.15) is 0 Å². The molecule has 8 rings (SSSR count). The molecule has 5 heteroatoms. The molecule has 262 valence electrons. The molecule has 0 atom stereocenters. The van der Waals surface area contributed by atoms with Crippen molar-refractivity contribution in [2.75, 3.05) is 0 Å². The first-order valence-corrected chi connectivity index (χ1v) is 22.3. The summed E-state index contributed by atoms with van der Waals surface area (Å²) in [5.41, 5.74) is 11.3. The zero-order chi connectivity index (χ0) is 34.9. The standard InChI is InChI=1S/C21H12Cl2.C21H25.C5H5.2ClH.Zr/c22-20-11-9-14(16-5-1-3-7-18(16)20)13-15-10-12-21(23)19-8-4-2-6-17(15)19;1-20(2,3)16-7-9-18-14(12-16)11-15-13-17(21(4,5)6)8-10-19(15)18;1-2-4-5-3-1;;;/h1-12H;7-10,12H,11H2,1-6H3;1-5H;2*1H;/q;;;;;+2/p-2. The van der Waals surface area contributed by atoms with E-state index in [0.29, 0.717) is 3.63 Å². The summed E-state index contributed by atoms with van der Waals surface area (Å²) in [6, 6.07) is 38.3. The van der Waals surface area contributed by atoms with Crippen molar-refractivity contribution in [2.24, 2.45) is 0 Å². The summed E-state index contributed by atoms with van der Waals surface area (Å²) in [5, 5.41) is 6.19. The van der Waals surface area contributed by atoms with Crippen LogP contribution in [-0.4, -0.2) is 3.21 Å². The van der Waals surface area contributed by atoms with Crippen LogP contribution >= 0.6 is 23.2 Å². The van der Waals surface area contributed by atoms with Crippen molar-refractivity contribution in [2.45, 2.75) is 62.4 Å². The van der Waals surface area contributed by atoms with E-state index in [9.17, 15) is 0 Å². The molecule has 0 N–H and O–H groups in total. The van der Waals surface area contributed by atoms with Crippen LogP contribution in [0.4, 0.5) is 0 Å². The Bertz CT molecular complexity index is 2350. The predicted octanol–water partition coefficient (Wildman–Crippen LogP) is 6.90. The largest absolute Gasteiger partial charge is 1.00 e. The number of halogens is 4. The van der Waals surface area contributed by atoms with E-state index in [1.54, 1.807) is 3.27 Å². The molecule has 52 heavy (non-hydrogen) atoms. The molecular formula is C47H42Cl4Zr. The van der Waals surface area contributed by atoms with E-state index >= 15 is 0 Å². The minimum absolute atomic E-state index is 0. The third-order valence-electron chi connectivity index (χ3n) is 10.7.